The molecule has 18 heavy (non-hydrogen) atoms. The normalized spacial score (nSPS) is 10.7. The average molecular weight is 248 g/mol. The summed E-state index contributed by atoms with van der Waals surface area (Å²) < 4.78 is 5.08. The Morgan fingerprint density at radius 1 is 1.33 bits per heavy atom. The van der Waals surface area contributed by atoms with Crippen LogP contribution in [0.3, 0.4) is 0 Å². The zero-order valence-electron chi connectivity index (χ0n) is 10.8. The van der Waals surface area contributed by atoms with Gasteiger partial charge in [0, 0.05) is 6.42 Å². The molecule has 0 aliphatic rings. The van der Waals surface area contributed by atoms with Crippen molar-refractivity contribution in [1.82, 2.24) is 0 Å². The highest BCUT2D eigenvalue weighted by Gasteiger charge is 2.05. The van der Waals surface area contributed by atoms with Gasteiger partial charge >= 0.3 is 5.97 Å². The van der Waals surface area contributed by atoms with Crippen LogP contribution in [0, 0.1) is 0 Å². The average Bonchev–Trinajstić information content (AvgIpc) is 2.37. The van der Waals surface area contributed by atoms with Crippen molar-refractivity contribution >= 4 is 5.97 Å². The van der Waals surface area contributed by atoms with Gasteiger partial charge in [0.2, 0.25) is 0 Å². The third-order valence-corrected chi connectivity index (χ3v) is 2.54. The van der Waals surface area contributed by atoms with E-state index in [0.29, 0.717) is 19.4 Å². The molecular weight excluding hydrogens is 228 g/mol. The summed E-state index contributed by atoms with van der Waals surface area (Å²) in [5.41, 5.74) is 0.778. The smallest absolute Gasteiger partial charge is 0.306 e. The Morgan fingerprint density at radius 2 is 2.11 bits per heavy atom. The summed E-state index contributed by atoms with van der Waals surface area (Å²) in [5.74, 6) is 0.0133. The molecule has 0 fully saturated rings. The number of para-hydroxylation sites is 1. The fourth-order valence-electron chi connectivity index (χ4n) is 1.56. The van der Waals surface area contributed by atoms with Gasteiger partial charge in [-0.1, -0.05) is 37.3 Å². The standard InChI is InChI=1S/C15H20O3/c1-2-3-4-7-12-18-15(17)11-10-13-8-5-6-9-14(13)16/h3-6,8-9,16H,2,7,10-12H2,1H3/b4-3-. The molecule has 1 aromatic carbocycles. The highest BCUT2D eigenvalue weighted by Crippen LogP contribution is 2.17. The van der Waals surface area contributed by atoms with Gasteiger partial charge in [0.15, 0.2) is 0 Å². The highest BCUT2D eigenvalue weighted by molar-refractivity contribution is 5.69. The Bertz CT molecular complexity index is 396. The van der Waals surface area contributed by atoms with Gasteiger partial charge in [-0.05, 0) is 30.9 Å². The van der Waals surface area contributed by atoms with Crippen LogP contribution < -0.4 is 0 Å². The molecule has 0 aliphatic carbocycles. The van der Waals surface area contributed by atoms with E-state index in [1.807, 2.05) is 18.2 Å². The fourth-order valence-corrected chi connectivity index (χ4v) is 1.56. The molecule has 3 heteroatoms. The summed E-state index contributed by atoms with van der Waals surface area (Å²) in [7, 11) is 0. The second-order valence-electron chi connectivity index (χ2n) is 4.02. The van der Waals surface area contributed by atoms with Gasteiger partial charge in [-0.3, -0.25) is 4.79 Å². The quantitative estimate of drug-likeness (QED) is 0.458. The second kappa shape index (κ2) is 8.34. The SMILES string of the molecule is CC/C=C\CCOC(=O)CCc1ccccc1O. The van der Waals surface area contributed by atoms with Crippen LogP contribution >= 0.6 is 0 Å². The summed E-state index contributed by atoms with van der Waals surface area (Å²) in [4.78, 5) is 11.4. The Hall–Kier alpha value is -1.77. The minimum absolute atomic E-state index is 0.219. The van der Waals surface area contributed by atoms with Crippen molar-refractivity contribution in [3.63, 3.8) is 0 Å². The monoisotopic (exact) mass is 248 g/mol. The minimum Gasteiger partial charge on any atom is -0.508 e. The summed E-state index contributed by atoms with van der Waals surface area (Å²) in [6, 6.07) is 7.04. The lowest BCUT2D eigenvalue weighted by Gasteiger charge is -2.04. The first-order valence-electron chi connectivity index (χ1n) is 6.31. The van der Waals surface area contributed by atoms with E-state index < -0.39 is 0 Å². The Morgan fingerprint density at radius 3 is 2.83 bits per heavy atom. The minimum atomic E-state index is -0.219. The van der Waals surface area contributed by atoms with Crippen molar-refractivity contribution in [2.45, 2.75) is 32.6 Å². The molecule has 0 saturated carbocycles. The molecule has 98 valence electrons. The third-order valence-electron chi connectivity index (χ3n) is 2.54. The molecular formula is C15H20O3. The first-order chi connectivity index (χ1) is 8.74. The number of esters is 1. The Balaban J connectivity index is 2.21. The van der Waals surface area contributed by atoms with Crippen molar-refractivity contribution < 1.29 is 14.6 Å². The topological polar surface area (TPSA) is 46.5 Å². The summed E-state index contributed by atoms with van der Waals surface area (Å²) in [6.45, 7) is 2.49. The molecule has 1 rings (SSSR count). The van der Waals surface area contributed by atoms with E-state index >= 15 is 0 Å². The van der Waals surface area contributed by atoms with Gasteiger partial charge < -0.3 is 9.84 Å². The third kappa shape index (κ3) is 5.53. The number of carbonyl (C=O) groups is 1. The molecule has 0 unspecified atom stereocenters. The lowest BCUT2D eigenvalue weighted by Crippen LogP contribution is -2.06. The van der Waals surface area contributed by atoms with Crippen LogP contribution in [0.15, 0.2) is 36.4 Å². The van der Waals surface area contributed by atoms with Crippen molar-refractivity contribution in [1.29, 1.82) is 0 Å². The molecule has 3 nitrogen and oxygen atoms in total. The van der Waals surface area contributed by atoms with E-state index in [4.69, 9.17) is 4.74 Å². The second-order valence-corrected chi connectivity index (χ2v) is 4.02. The first kappa shape index (κ1) is 14.3. The number of rotatable bonds is 7. The van der Waals surface area contributed by atoms with Crippen LogP contribution in [0.4, 0.5) is 0 Å². The Kier molecular flexibility index (Phi) is 6.62. The van der Waals surface area contributed by atoms with Gasteiger partial charge in [-0.25, -0.2) is 0 Å². The molecule has 1 N–H and O–H groups in total. The molecule has 0 saturated heterocycles. The van der Waals surface area contributed by atoms with Gasteiger partial charge in [0.1, 0.15) is 5.75 Å². The lowest BCUT2D eigenvalue weighted by atomic mass is 10.1. The summed E-state index contributed by atoms with van der Waals surface area (Å²) in [5, 5.41) is 9.54. The van der Waals surface area contributed by atoms with Crippen molar-refractivity contribution in [3.8, 4) is 5.75 Å². The number of hydrogen-bond acceptors (Lipinski definition) is 3. The van der Waals surface area contributed by atoms with E-state index in [1.165, 1.54) is 0 Å². The van der Waals surface area contributed by atoms with Crippen LogP contribution in [0.1, 0.15) is 31.7 Å². The summed E-state index contributed by atoms with van der Waals surface area (Å²) in [6.07, 6.45) is 6.63. The number of carbonyl (C=O) groups excluding carboxylic acids is 1. The van der Waals surface area contributed by atoms with Gasteiger partial charge in [-0.15, -0.1) is 0 Å². The van der Waals surface area contributed by atoms with E-state index in [2.05, 4.69) is 13.0 Å². The molecule has 0 aromatic heterocycles. The number of allylic oxidation sites excluding steroid dienone is 1. The van der Waals surface area contributed by atoms with E-state index in [9.17, 15) is 9.90 Å². The van der Waals surface area contributed by atoms with Gasteiger partial charge in [0.25, 0.3) is 0 Å². The van der Waals surface area contributed by atoms with Gasteiger partial charge in [0.05, 0.1) is 6.61 Å². The zero-order valence-corrected chi connectivity index (χ0v) is 10.8. The maximum Gasteiger partial charge on any atom is 0.306 e. The highest BCUT2D eigenvalue weighted by atomic mass is 16.5. The molecule has 0 atom stereocenters. The number of aryl methyl sites for hydroxylation is 1. The lowest BCUT2D eigenvalue weighted by molar-refractivity contribution is -0.143. The Labute approximate surface area is 108 Å². The number of phenolic OH excluding ortho intramolecular Hbond substituents is 1. The van der Waals surface area contributed by atoms with E-state index in [0.717, 1.165) is 18.4 Å². The number of aromatic hydroxyl groups is 1. The molecule has 0 radical (unpaired) electrons. The van der Waals surface area contributed by atoms with Crippen LogP contribution in [-0.2, 0) is 16.0 Å². The van der Waals surface area contributed by atoms with Crippen LogP contribution in [-0.4, -0.2) is 17.7 Å². The molecule has 1 aromatic rings. The molecule has 0 spiro atoms. The predicted octanol–water partition coefficient (Wildman–Crippen LogP) is 3.22. The van der Waals surface area contributed by atoms with Crippen LogP contribution in [0.2, 0.25) is 0 Å². The first-order valence-corrected chi connectivity index (χ1v) is 6.31. The number of benzene rings is 1. The van der Waals surface area contributed by atoms with Crippen molar-refractivity contribution in [2.75, 3.05) is 6.61 Å². The van der Waals surface area contributed by atoms with E-state index in [1.54, 1.807) is 12.1 Å². The molecule has 0 aliphatic heterocycles. The number of hydrogen-bond donors (Lipinski definition) is 1. The zero-order chi connectivity index (χ0) is 13.2. The van der Waals surface area contributed by atoms with Crippen molar-refractivity contribution in [2.24, 2.45) is 0 Å². The maximum atomic E-state index is 11.4. The van der Waals surface area contributed by atoms with Gasteiger partial charge in [-0.2, -0.15) is 0 Å². The molecule has 0 amide bonds. The fraction of sp³-hybridized carbons (Fsp3) is 0.400. The maximum absolute atomic E-state index is 11.4. The molecule has 0 heterocycles. The summed E-state index contributed by atoms with van der Waals surface area (Å²) >= 11 is 0. The molecule has 0 bridgehead atoms. The van der Waals surface area contributed by atoms with Crippen LogP contribution in [0.5, 0.6) is 5.75 Å². The number of phenols is 1. The predicted molar refractivity (Wildman–Crippen MR) is 71.4 cm³/mol. The van der Waals surface area contributed by atoms with Crippen molar-refractivity contribution in [3.05, 3.63) is 42.0 Å². The largest absolute Gasteiger partial charge is 0.508 e. The van der Waals surface area contributed by atoms with Crippen LogP contribution in [0.25, 0.3) is 0 Å². The van der Waals surface area contributed by atoms with E-state index in [-0.39, 0.29) is 11.7 Å². The number of ether oxygens (including phenoxy) is 1.